The number of hydrogen-bond acceptors (Lipinski definition) is 2. The van der Waals surface area contributed by atoms with Crippen LogP contribution in [0.5, 0.6) is 0 Å². The highest BCUT2D eigenvalue weighted by Gasteiger charge is 2.46. The zero-order valence-corrected chi connectivity index (χ0v) is 9.81. The van der Waals surface area contributed by atoms with Gasteiger partial charge in [0.25, 0.3) is 0 Å². The molecule has 2 aliphatic rings. The van der Waals surface area contributed by atoms with Crippen molar-refractivity contribution in [1.82, 2.24) is 10.6 Å². The van der Waals surface area contributed by atoms with E-state index in [9.17, 15) is 4.79 Å². The maximum atomic E-state index is 11.7. The van der Waals surface area contributed by atoms with Crippen molar-refractivity contribution in [3.8, 4) is 0 Å². The summed E-state index contributed by atoms with van der Waals surface area (Å²) < 4.78 is 0. The second-order valence-electron chi connectivity index (χ2n) is 5.71. The van der Waals surface area contributed by atoms with E-state index in [0.717, 1.165) is 38.8 Å². The number of rotatable bonds is 3. The van der Waals surface area contributed by atoms with E-state index in [1.807, 2.05) is 0 Å². The van der Waals surface area contributed by atoms with Gasteiger partial charge in [0.05, 0.1) is 0 Å². The van der Waals surface area contributed by atoms with Crippen LogP contribution in [0.15, 0.2) is 0 Å². The molecule has 86 valence electrons. The van der Waals surface area contributed by atoms with E-state index in [-0.39, 0.29) is 5.91 Å². The normalized spacial score (nSPS) is 29.9. The maximum absolute atomic E-state index is 11.7. The monoisotopic (exact) mass is 210 g/mol. The number of carbonyl (C=O) groups excluding carboxylic acids is 1. The average molecular weight is 210 g/mol. The lowest BCUT2D eigenvalue weighted by Gasteiger charge is -2.22. The van der Waals surface area contributed by atoms with Gasteiger partial charge in [-0.15, -0.1) is 0 Å². The van der Waals surface area contributed by atoms with Crippen LogP contribution in [0.1, 0.15) is 39.5 Å². The van der Waals surface area contributed by atoms with Crippen LogP contribution in [-0.2, 0) is 4.79 Å². The van der Waals surface area contributed by atoms with Gasteiger partial charge in [-0.2, -0.15) is 0 Å². The minimum Gasteiger partial charge on any atom is -0.353 e. The van der Waals surface area contributed by atoms with Crippen LogP contribution in [0.3, 0.4) is 0 Å². The highest BCUT2D eigenvalue weighted by atomic mass is 16.1. The van der Waals surface area contributed by atoms with E-state index in [2.05, 4.69) is 24.5 Å². The molecule has 1 aliphatic heterocycles. The molecule has 1 saturated carbocycles. The van der Waals surface area contributed by atoms with Gasteiger partial charge >= 0.3 is 0 Å². The Morgan fingerprint density at radius 3 is 2.53 bits per heavy atom. The highest BCUT2D eigenvalue weighted by molar-refractivity contribution is 5.77. The molecule has 15 heavy (non-hydrogen) atoms. The topological polar surface area (TPSA) is 41.1 Å². The predicted octanol–water partition coefficient (Wildman–Crippen LogP) is 1.29. The lowest BCUT2D eigenvalue weighted by molar-refractivity contribution is -0.122. The molecule has 1 aliphatic carbocycles. The van der Waals surface area contributed by atoms with Crippen LogP contribution in [0.25, 0.3) is 0 Å². The number of amides is 1. The molecule has 0 spiro atoms. The Kier molecular flexibility index (Phi) is 3.01. The summed E-state index contributed by atoms with van der Waals surface area (Å²) in [5, 5.41) is 6.45. The molecule has 1 atom stereocenters. The van der Waals surface area contributed by atoms with Crippen molar-refractivity contribution in [3.05, 3.63) is 0 Å². The summed E-state index contributed by atoms with van der Waals surface area (Å²) in [7, 11) is 0. The lowest BCUT2D eigenvalue weighted by atomic mass is 9.94. The third kappa shape index (κ3) is 2.94. The van der Waals surface area contributed by atoms with Crippen LogP contribution in [0, 0.1) is 11.3 Å². The van der Waals surface area contributed by atoms with Gasteiger partial charge in [-0.05, 0) is 43.7 Å². The Morgan fingerprint density at radius 1 is 1.40 bits per heavy atom. The first-order valence-electron chi connectivity index (χ1n) is 6.08. The Balaban J connectivity index is 1.68. The first-order chi connectivity index (χ1) is 7.08. The minimum absolute atomic E-state index is 0.262. The fourth-order valence-corrected chi connectivity index (χ4v) is 2.31. The second-order valence-corrected chi connectivity index (χ2v) is 5.71. The van der Waals surface area contributed by atoms with E-state index in [4.69, 9.17) is 0 Å². The van der Waals surface area contributed by atoms with E-state index >= 15 is 0 Å². The number of nitrogens with one attached hydrogen (secondary N) is 2. The quantitative estimate of drug-likeness (QED) is 0.737. The highest BCUT2D eigenvalue weighted by Crippen LogP contribution is 2.44. The van der Waals surface area contributed by atoms with Crippen molar-refractivity contribution < 1.29 is 4.79 Å². The smallest absolute Gasteiger partial charge is 0.220 e. The van der Waals surface area contributed by atoms with Crippen molar-refractivity contribution in [2.75, 3.05) is 13.1 Å². The molecule has 1 amide bonds. The van der Waals surface area contributed by atoms with Crippen LogP contribution in [0.2, 0.25) is 0 Å². The van der Waals surface area contributed by atoms with Crippen molar-refractivity contribution in [2.45, 2.75) is 45.6 Å². The molecule has 1 saturated heterocycles. The van der Waals surface area contributed by atoms with Crippen molar-refractivity contribution in [3.63, 3.8) is 0 Å². The van der Waals surface area contributed by atoms with Crippen LogP contribution < -0.4 is 10.6 Å². The van der Waals surface area contributed by atoms with Crippen molar-refractivity contribution in [2.24, 2.45) is 11.3 Å². The van der Waals surface area contributed by atoms with Gasteiger partial charge in [-0.3, -0.25) is 4.79 Å². The fourth-order valence-electron chi connectivity index (χ4n) is 2.31. The summed E-state index contributed by atoms with van der Waals surface area (Å²) in [6.07, 6.45) is 4.18. The van der Waals surface area contributed by atoms with Gasteiger partial charge in [0.2, 0.25) is 5.91 Å². The van der Waals surface area contributed by atoms with Crippen LogP contribution >= 0.6 is 0 Å². The van der Waals surface area contributed by atoms with E-state index in [1.54, 1.807) is 0 Å². The summed E-state index contributed by atoms with van der Waals surface area (Å²) in [4.78, 5) is 11.7. The Bertz CT molecular complexity index is 244. The summed E-state index contributed by atoms with van der Waals surface area (Å²) in [6.45, 7) is 6.57. The molecular formula is C12H22N2O. The third-order valence-corrected chi connectivity index (χ3v) is 3.78. The Hall–Kier alpha value is -0.570. The fraction of sp³-hybridized carbons (Fsp3) is 0.917. The van der Waals surface area contributed by atoms with Crippen LogP contribution in [-0.4, -0.2) is 25.0 Å². The van der Waals surface area contributed by atoms with E-state index in [1.165, 1.54) is 0 Å². The molecule has 2 fully saturated rings. The van der Waals surface area contributed by atoms with Crippen LogP contribution in [0.4, 0.5) is 0 Å². The molecule has 0 bridgehead atoms. The molecule has 3 heteroatoms. The molecule has 0 aromatic heterocycles. The molecule has 3 nitrogen and oxygen atoms in total. The molecule has 2 N–H and O–H groups in total. The number of hydrogen-bond donors (Lipinski definition) is 2. The Morgan fingerprint density at radius 2 is 2.00 bits per heavy atom. The van der Waals surface area contributed by atoms with Gasteiger partial charge < -0.3 is 10.6 Å². The van der Waals surface area contributed by atoms with Gasteiger partial charge in [0.1, 0.15) is 0 Å². The summed E-state index contributed by atoms with van der Waals surface area (Å²) >= 11 is 0. The number of carbonyl (C=O) groups is 1. The maximum Gasteiger partial charge on any atom is 0.220 e. The first kappa shape index (κ1) is 10.9. The van der Waals surface area contributed by atoms with E-state index in [0.29, 0.717) is 17.4 Å². The van der Waals surface area contributed by atoms with Gasteiger partial charge in [0.15, 0.2) is 0 Å². The molecule has 1 heterocycles. The molecule has 2 rings (SSSR count). The minimum atomic E-state index is 0.262. The number of piperidine rings is 1. The summed E-state index contributed by atoms with van der Waals surface area (Å²) in [6, 6.07) is 0.437. The third-order valence-electron chi connectivity index (χ3n) is 3.78. The van der Waals surface area contributed by atoms with Gasteiger partial charge in [0, 0.05) is 12.5 Å². The Labute approximate surface area is 92.0 Å². The summed E-state index contributed by atoms with van der Waals surface area (Å²) in [5.41, 5.74) is 0.351. The van der Waals surface area contributed by atoms with E-state index < -0.39 is 0 Å². The molecule has 0 aromatic rings. The summed E-state index contributed by atoms with van der Waals surface area (Å²) in [5.74, 6) is 0.866. The molecule has 1 unspecified atom stereocenters. The largest absolute Gasteiger partial charge is 0.353 e. The SMILES string of the molecule is CC1(C)CC1NC(=O)CC1CCNCC1. The molecule has 0 aromatic carbocycles. The van der Waals surface area contributed by atoms with Gasteiger partial charge in [-0.25, -0.2) is 0 Å². The van der Waals surface area contributed by atoms with Crippen molar-refractivity contribution in [1.29, 1.82) is 0 Å². The predicted molar refractivity (Wildman–Crippen MR) is 60.5 cm³/mol. The second kappa shape index (κ2) is 4.12. The van der Waals surface area contributed by atoms with Crippen molar-refractivity contribution >= 4 is 5.91 Å². The molecule has 0 radical (unpaired) electrons. The zero-order valence-electron chi connectivity index (χ0n) is 9.81. The molecular weight excluding hydrogens is 188 g/mol. The lowest BCUT2D eigenvalue weighted by Crippen LogP contribution is -2.34. The van der Waals surface area contributed by atoms with Gasteiger partial charge in [-0.1, -0.05) is 13.8 Å². The average Bonchev–Trinajstić information content (AvgIpc) is 2.74. The zero-order chi connectivity index (χ0) is 10.9. The first-order valence-corrected chi connectivity index (χ1v) is 6.08. The standard InChI is InChI=1S/C12H22N2O/c1-12(2)8-10(12)14-11(15)7-9-3-5-13-6-4-9/h9-10,13H,3-8H2,1-2H3,(H,14,15).